The number of halogens is 4. The molecule has 0 heterocycles. The molecule has 5 nitrogen and oxygen atoms in total. The lowest BCUT2D eigenvalue weighted by atomic mass is 9.99. The average Bonchev–Trinajstić information content (AvgIpc) is 2.45. The van der Waals surface area contributed by atoms with Crippen LogP contribution in [0.25, 0.3) is 0 Å². The van der Waals surface area contributed by atoms with Crippen LogP contribution >= 0.6 is 15.9 Å². The van der Waals surface area contributed by atoms with Gasteiger partial charge in [-0.25, -0.2) is 4.79 Å². The van der Waals surface area contributed by atoms with Crippen molar-refractivity contribution in [2.45, 2.75) is 19.5 Å². The van der Waals surface area contributed by atoms with Crippen LogP contribution < -0.4 is 0 Å². The van der Waals surface area contributed by atoms with Crippen molar-refractivity contribution in [3.8, 4) is 0 Å². The molecule has 0 bridgehead atoms. The van der Waals surface area contributed by atoms with Gasteiger partial charge in [0.25, 0.3) is 0 Å². The third-order valence-electron chi connectivity index (χ3n) is 2.62. The predicted molar refractivity (Wildman–Crippen MR) is 74.7 cm³/mol. The summed E-state index contributed by atoms with van der Waals surface area (Å²) in [7, 11) is 0. The molecule has 0 radical (unpaired) electrons. The maximum Gasteiger partial charge on any atom is 0.417 e. The number of benzene rings is 1. The molecule has 0 saturated heterocycles. The molecule has 1 aromatic carbocycles. The number of rotatable bonds is 6. The summed E-state index contributed by atoms with van der Waals surface area (Å²) in [6.45, 7) is 1.25. The van der Waals surface area contributed by atoms with E-state index in [9.17, 15) is 32.3 Å². The highest BCUT2D eigenvalue weighted by Crippen LogP contribution is 2.34. The summed E-state index contributed by atoms with van der Waals surface area (Å²) in [4.78, 5) is 45.8. The Bertz CT molecular complexity index is 667. The minimum Gasteiger partial charge on any atom is -0.460 e. The van der Waals surface area contributed by atoms with Gasteiger partial charge in [-0.15, -0.1) is 0 Å². The first kappa shape index (κ1) is 19.0. The van der Waals surface area contributed by atoms with Crippen LogP contribution in [0.1, 0.15) is 29.3 Å². The monoisotopic (exact) mass is 394 g/mol. The Hall–Kier alpha value is -2.03. The van der Waals surface area contributed by atoms with E-state index in [0.717, 1.165) is 6.07 Å². The number of carbonyl (C=O) groups is 4. The van der Waals surface area contributed by atoms with Gasteiger partial charge in [0, 0.05) is 10.0 Å². The Kier molecular flexibility index (Phi) is 6.20. The van der Waals surface area contributed by atoms with Gasteiger partial charge in [0.05, 0.1) is 18.6 Å². The Morgan fingerprint density at radius 1 is 1.17 bits per heavy atom. The van der Waals surface area contributed by atoms with Crippen molar-refractivity contribution in [3.05, 3.63) is 33.8 Å². The van der Waals surface area contributed by atoms with E-state index >= 15 is 0 Å². The molecule has 0 amide bonds. The number of ketones is 3. The van der Waals surface area contributed by atoms with Gasteiger partial charge >= 0.3 is 17.9 Å². The zero-order chi connectivity index (χ0) is 17.8. The van der Waals surface area contributed by atoms with Crippen molar-refractivity contribution >= 4 is 39.2 Å². The first-order valence-electron chi connectivity index (χ1n) is 6.22. The Morgan fingerprint density at radius 2 is 1.78 bits per heavy atom. The standard InChI is InChI=1S/C14H10BrF3O5/c1-2-23-13(22)12(21)11(20)6-10(19)8-4-3-7(15)5-9(8)14(16,17)18/h3-5H,2,6H2,1H3. The van der Waals surface area contributed by atoms with Crippen molar-refractivity contribution in [1.82, 2.24) is 0 Å². The van der Waals surface area contributed by atoms with Crippen molar-refractivity contribution in [2.75, 3.05) is 6.61 Å². The van der Waals surface area contributed by atoms with Crippen molar-refractivity contribution in [3.63, 3.8) is 0 Å². The summed E-state index contributed by atoms with van der Waals surface area (Å²) in [5.74, 6) is -5.67. The number of hydrogen-bond acceptors (Lipinski definition) is 5. The molecular weight excluding hydrogens is 385 g/mol. The molecule has 1 aromatic rings. The van der Waals surface area contributed by atoms with Crippen LogP contribution in [0, 0.1) is 0 Å². The van der Waals surface area contributed by atoms with Crippen molar-refractivity contribution in [2.24, 2.45) is 0 Å². The molecule has 1 rings (SSSR count). The van der Waals surface area contributed by atoms with Gasteiger partial charge in [-0.3, -0.25) is 14.4 Å². The molecule has 124 valence electrons. The molecule has 0 unspecified atom stereocenters. The zero-order valence-corrected chi connectivity index (χ0v) is 13.3. The lowest BCUT2D eigenvalue weighted by Gasteiger charge is -2.12. The number of alkyl halides is 3. The van der Waals surface area contributed by atoms with Crippen LogP contribution in [0.5, 0.6) is 0 Å². The minimum atomic E-state index is -4.82. The lowest BCUT2D eigenvalue weighted by Crippen LogP contribution is -2.28. The fourth-order valence-electron chi connectivity index (χ4n) is 1.63. The maximum absolute atomic E-state index is 12.9. The fraction of sp³-hybridized carbons (Fsp3) is 0.286. The second-order valence-corrected chi connectivity index (χ2v) is 5.18. The smallest absolute Gasteiger partial charge is 0.417 e. The van der Waals surface area contributed by atoms with E-state index in [0.29, 0.717) is 6.07 Å². The van der Waals surface area contributed by atoms with Gasteiger partial charge in [0.2, 0.25) is 5.78 Å². The van der Waals surface area contributed by atoms with Gasteiger partial charge in [-0.1, -0.05) is 15.9 Å². The predicted octanol–water partition coefficient (Wildman–Crippen LogP) is 2.74. The van der Waals surface area contributed by atoms with E-state index in [1.165, 1.54) is 13.0 Å². The summed E-state index contributed by atoms with van der Waals surface area (Å²) >= 11 is 2.85. The zero-order valence-electron chi connectivity index (χ0n) is 11.7. The lowest BCUT2D eigenvalue weighted by molar-refractivity contribution is -0.156. The van der Waals surface area contributed by atoms with E-state index in [1.54, 1.807) is 0 Å². The molecule has 0 saturated carbocycles. The van der Waals surface area contributed by atoms with Gasteiger partial charge in [0.15, 0.2) is 5.78 Å². The van der Waals surface area contributed by atoms with Crippen LogP contribution in [0.4, 0.5) is 13.2 Å². The molecule has 9 heteroatoms. The van der Waals surface area contributed by atoms with Crippen LogP contribution in [-0.2, 0) is 25.3 Å². The maximum atomic E-state index is 12.9. The fourth-order valence-corrected chi connectivity index (χ4v) is 1.99. The highest BCUT2D eigenvalue weighted by atomic mass is 79.9. The molecule has 0 aliphatic heterocycles. The van der Waals surface area contributed by atoms with Gasteiger partial charge in [-0.2, -0.15) is 13.2 Å². The van der Waals surface area contributed by atoms with Crippen LogP contribution in [0.3, 0.4) is 0 Å². The molecule has 0 spiro atoms. The van der Waals surface area contributed by atoms with Gasteiger partial charge < -0.3 is 4.74 Å². The normalized spacial score (nSPS) is 11.0. The van der Waals surface area contributed by atoms with E-state index in [2.05, 4.69) is 20.7 Å². The Balaban J connectivity index is 3.01. The summed E-state index contributed by atoms with van der Waals surface area (Å²) in [6.07, 6.45) is -5.97. The first-order chi connectivity index (χ1) is 10.6. The van der Waals surface area contributed by atoms with Crippen LogP contribution in [0.2, 0.25) is 0 Å². The molecule has 0 aliphatic rings. The largest absolute Gasteiger partial charge is 0.460 e. The molecule has 0 aromatic heterocycles. The topological polar surface area (TPSA) is 77.5 Å². The SMILES string of the molecule is CCOC(=O)C(=O)C(=O)CC(=O)c1ccc(Br)cc1C(F)(F)F. The van der Waals surface area contributed by atoms with Gasteiger partial charge in [-0.05, 0) is 25.1 Å². The quantitative estimate of drug-likeness (QED) is 0.321. The number of hydrogen-bond donors (Lipinski definition) is 0. The van der Waals surface area contributed by atoms with E-state index < -0.39 is 47.0 Å². The Labute approximate surface area is 136 Å². The minimum absolute atomic E-state index is 0.0929. The molecule has 0 N–H and O–H groups in total. The van der Waals surface area contributed by atoms with Crippen LogP contribution in [-0.4, -0.2) is 29.9 Å². The summed E-state index contributed by atoms with van der Waals surface area (Å²) < 4.78 is 43.1. The van der Waals surface area contributed by atoms with E-state index in [4.69, 9.17) is 0 Å². The summed E-state index contributed by atoms with van der Waals surface area (Å²) in [5.41, 5.74) is -2.00. The summed E-state index contributed by atoms with van der Waals surface area (Å²) in [6, 6.07) is 2.77. The number of ether oxygens (including phenoxy) is 1. The van der Waals surface area contributed by atoms with Crippen molar-refractivity contribution in [1.29, 1.82) is 0 Å². The summed E-state index contributed by atoms with van der Waals surface area (Å²) in [5, 5.41) is 0. The highest BCUT2D eigenvalue weighted by Gasteiger charge is 2.36. The number of esters is 1. The average molecular weight is 395 g/mol. The first-order valence-corrected chi connectivity index (χ1v) is 7.01. The van der Waals surface area contributed by atoms with E-state index in [-0.39, 0.29) is 11.1 Å². The van der Waals surface area contributed by atoms with Crippen LogP contribution in [0.15, 0.2) is 22.7 Å². The Morgan fingerprint density at radius 3 is 2.30 bits per heavy atom. The molecular formula is C14H10BrF3O5. The van der Waals surface area contributed by atoms with Gasteiger partial charge in [0.1, 0.15) is 0 Å². The molecule has 0 fully saturated rings. The van der Waals surface area contributed by atoms with E-state index in [1.807, 2.05) is 0 Å². The molecule has 0 atom stereocenters. The third kappa shape index (κ3) is 4.98. The second-order valence-electron chi connectivity index (χ2n) is 4.26. The number of carbonyl (C=O) groups excluding carboxylic acids is 4. The highest BCUT2D eigenvalue weighted by molar-refractivity contribution is 9.10. The molecule has 0 aliphatic carbocycles. The third-order valence-corrected chi connectivity index (χ3v) is 3.12. The number of Topliss-reactive ketones (excluding diaryl/α,β-unsaturated/α-hetero) is 3. The molecule has 23 heavy (non-hydrogen) atoms. The second kappa shape index (κ2) is 7.49. The van der Waals surface area contributed by atoms with Crippen molar-refractivity contribution < 1.29 is 37.1 Å².